The lowest BCUT2D eigenvalue weighted by Gasteiger charge is -2.35. The molecule has 0 N–H and O–H groups in total. The molecular weight excluding hydrogens is 485 g/mol. The van der Waals surface area contributed by atoms with Gasteiger partial charge in [-0.2, -0.15) is 18.3 Å². The Balaban J connectivity index is 1.50. The molecule has 12 heteroatoms. The lowest BCUT2D eigenvalue weighted by atomic mass is 9.99. The Kier molecular flexibility index (Phi) is 5.10. The van der Waals surface area contributed by atoms with Crippen LogP contribution in [-0.4, -0.2) is 47.7 Å². The lowest BCUT2D eigenvalue weighted by Crippen LogP contribution is -2.42. The number of pyridine rings is 2. The minimum atomic E-state index is -4.71. The van der Waals surface area contributed by atoms with Crippen LogP contribution in [0.5, 0.6) is 0 Å². The first-order chi connectivity index (χ1) is 17.8. The molecular formula is C25H17F3N8O. The molecule has 0 aliphatic carbocycles. The van der Waals surface area contributed by atoms with Crippen molar-refractivity contribution < 1.29 is 18.0 Å². The third-order valence-corrected chi connectivity index (χ3v) is 6.05. The molecule has 0 atom stereocenters. The molecule has 0 radical (unpaired) electrons. The quantitative estimate of drug-likeness (QED) is 0.345. The van der Waals surface area contributed by atoms with Gasteiger partial charge < -0.3 is 4.90 Å². The fourth-order valence-electron chi connectivity index (χ4n) is 4.36. The Morgan fingerprint density at radius 3 is 2.49 bits per heavy atom. The fourth-order valence-corrected chi connectivity index (χ4v) is 4.36. The van der Waals surface area contributed by atoms with Crippen LogP contribution in [0.25, 0.3) is 28.1 Å². The van der Waals surface area contributed by atoms with Gasteiger partial charge >= 0.3 is 12.2 Å². The summed E-state index contributed by atoms with van der Waals surface area (Å²) in [6, 6.07) is 8.42. The molecule has 1 aliphatic heterocycles. The first-order valence-corrected chi connectivity index (χ1v) is 11.1. The van der Waals surface area contributed by atoms with Crippen molar-refractivity contribution in [3.05, 3.63) is 84.7 Å². The van der Waals surface area contributed by atoms with Crippen molar-refractivity contribution in [3.63, 3.8) is 0 Å². The van der Waals surface area contributed by atoms with Crippen LogP contribution >= 0.6 is 0 Å². The lowest BCUT2D eigenvalue weighted by molar-refractivity contribution is -0.137. The van der Waals surface area contributed by atoms with Gasteiger partial charge in [0.15, 0.2) is 0 Å². The molecule has 6 rings (SSSR count). The molecule has 2 amide bonds. The van der Waals surface area contributed by atoms with Crippen LogP contribution in [0.4, 0.5) is 29.3 Å². The van der Waals surface area contributed by atoms with E-state index in [1.807, 2.05) is 0 Å². The maximum Gasteiger partial charge on any atom is 0.417 e. The van der Waals surface area contributed by atoms with Gasteiger partial charge in [0.05, 0.1) is 29.0 Å². The second-order valence-corrected chi connectivity index (χ2v) is 8.43. The van der Waals surface area contributed by atoms with E-state index >= 15 is 0 Å². The number of urea groups is 1. The highest BCUT2D eigenvalue weighted by Gasteiger charge is 2.37. The monoisotopic (exact) mass is 502 g/mol. The SMILES string of the molecule is CN1Cc2cnc3cccnc3c2N(c2ccc(-c3cnc(-n4cccn4)nc3)c(C(F)(F)F)c2)C1=O. The summed E-state index contributed by atoms with van der Waals surface area (Å²) in [6.07, 6.45) is 4.26. The number of benzene rings is 1. The number of anilines is 2. The maximum atomic E-state index is 14.3. The molecule has 0 spiro atoms. The summed E-state index contributed by atoms with van der Waals surface area (Å²) in [5.41, 5.74) is 1.26. The number of halogens is 3. The van der Waals surface area contributed by atoms with E-state index in [1.165, 1.54) is 39.0 Å². The molecule has 184 valence electrons. The second-order valence-electron chi connectivity index (χ2n) is 8.43. The van der Waals surface area contributed by atoms with E-state index in [0.29, 0.717) is 22.3 Å². The molecule has 9 nitrogen and oxygen atoms in total. The highest BCUT2D eigenvalue weighted by atomic mass is 19.4. The number of nitrogens with zero attached hydrogens (tertiary/aromatic N) is 8. The van der Waals surface area contributed by atoms with E-state index < -0.39 is 17.8 Å². The summed E-state index contributed by atoms with van der Waals surface area (Å²) in [7, 11) is 1.58. The van der Waals surface area contributed by atoms with Crippen LogP contribution in [0.1, 0.15) is 11.1 Å². The van der Waals surface area contributed by atoms with Crippen molar-refractivity contribution in [2.24, 2.45) is 0 Å². The van der Waals surface area contributed by atoms with Crippen molar-refractivity contribution >= 4 is 28.4 Å². The number of hydrogen-bond donors (Lipinski definition) is 0. The van der Waals surface area contributed by atoms with Crippen LogP contribution < -0.4 is 4.90 Å². The molecule has 0 fully saturated rings. The summed E-state index contributed by atoms with van der Waals surface area (Å²) in [5, 5.41) is 4.02. The summed E-state index contributed by atoms with van der Waals surface area (Å²) in [5.74, 6) is 0.227. The van der Waals surface area contributed by atoms with Crippen molar-refractivity contribution in [1.29, 1.82) is 0 Å². The number of carbonyl (C=O) groups excluding carboxylic acids is 1. The Morgan fingerprint density at radius 2 is 1.76 bits per heavy atom. The summed E-state index contributed by atoms with van der Waals surface area (Å²) >= 11 is 0. The summed E-state index contributed by atoms with van der Waals surface area (Å²) in [4.78, 5) is 33.0. The van der Waals surface area contributed by atoms with E-state index in [9.17, 15) is 18.0 Å². The number of alkyl halides is 3. The number of carbonyl (C=O) groups is 1. The zero-order chi connectivity index (χ0) is 25.7. The number of aromatic nitrogens is 6. The smallest absolute Gasteiger partial charge is 0.323 e. The Labute approximate surface area is 207 Å². The topological polar surface area (TPSA) is 92.9 Å². The van der Waals surface area contributed by atoms with Crippen LogP contribution in [0.3, 0.4) is 0 Å². The average Bonchev–Trinajstić information content (AvgIpc) is 3.44. The standard InChI is InChI=1S/C25H17F3N8O/c1-34-14-16-13-30-20-4-2-7-29-21(20)22(16)36(24(34)37)17-5-6-18(19(10-17)25(26,27)28)15-11-31-23(32-12-15)35-9-3-8-33-35/h2-13H,14H2,1H3. The van der Waals surface area contributed by atoms with E-state index in [1.54, 1.807) is 50.0 Å². The van der Waals surface area contributed by atoms with Crippen LogP contribution in [0.15, 0.2) is 73.6 Å². The molecule has 5 heterocycles. The second kappa shape index (κ2) is 8.36. The Hall–Kier alpha value is -4.87. The summed E-state index contributed by atoms with van der Waals surface area (Å²) in [6.45, 7) is 0.258. The van der Waals surface area contributed by atoms with Gasteiger partial charge in [0.1, 0.15) is 5.52 Å². The van der Waals surface area contributed by atoms with Gasteiger partial charge in [-0.3, -0.25) is 14.9 Å². The third-order valence-electron chi connectivity index (χ3n) is 6.05. The fraction of sp³-hybridized carbons (Fsp3) is 0.120. The van der Waals surface area contributed by atoms with E-state index in [0.717, 1.165) is 6.07 Å². The third kappa shape index (κ3) is 3.82. The zero-order valence-corrected chi connectivity index (χ0v) is 19.3. The number of fused-ring (bicyclic) bond motifs is 3. The molecule has 0 unspecified atom stereocenters. The highest BCUT2D eigenvalue weighted by molar-refractivity contribution is 6.08. The van der Waals surface area contributed by atoms with Crippen LogP contribution in [-0.2, 0) is 12.7 Å². The van der Waals surface area contributed by atoms with Crippen LogP contribution in [0.2, 0.25) is 0 Å². The van der Waals surface area contributed by atoms with Gasteiger partial charge in [0.25, 0.3) is 0 Å². The number of amides is 2. The molecule has 5 aromatic rings. The molecule has 1 aromatic carbocycles. The van der Waals surface area contributed by atoms with E-state index in [2.05, 4.69) is 25.0 Å². The minimum Gasteiger partial charge on any atom is -0.323 e. The predicted molar refractivity (Wildman–Crippen MR) is 128 cm³/mol. The van der Waals surface area contributed by atoms with Crippen LogP contribution in [0, 0.1) is 0 Å². The van der Waals surface area contributed by atoms with Gasteiger partial charge in [-0.15, -0.1) is 0 Å². The van der Waals surface area contributed by atoms with E-state index in [4.69, 9.17) is 0 Å². The highest BCUT2D eigenvalue weighted by Crippen LogP contribution is 2.43. The Morgan fingerprint density at radius 1 is 0.946 bits per heavy atom. The van der Waals surface area contributed by atoms with Gasteiger partial charge in [-0.05, 0) is 35.9 Å². The Bertz CT molecular complexity index is 1630. The van der Waals surface area contributed by atoms with Gasteiger partial charge in [-0.25, -0.2) is 19.4 Å². The maximum absolute atomic E-state index is 14.3. The van der Waals surface area contributed by atoms with Crippen molar-refractivity contribution in [2.45, 2.75) is 12.7 Å². The number of rotatable bonds is 3. The minimum absolute atomic E-state index is 0.0566. The van der Waals surface area contributed by atoms with Crippen molar-refractivity contribution in [3.8, 4) is 17.1 Å². The first-order valence-electron chi connectivity index (χ1n) is 11.1. The molecule has 1 aliphatic rings. The van der Waals surface area contributed by atoms with Gasteiger partial charge in [0.2, 0.25) is 5.95 Å². The normalized spacial score (nSPS) is 13.8. The largest absolute Gasteiger partial charge is 0.417 e. The molecule has 0 saturated heterocycles. The van der Waals surface area contributed by atoms with Crippen molar-refractivity contribution in [2.75, 3.05) is 11.9 Å². The average molecular weight is 502 g/mol. The van der Waals surface area contributed by atoms with Crippen molar-refractivity contribution in [1.82, 2.24) is 34.6 Å². The first kappa shape index (κ1) is 22.6. The van der Waals surface area contributed by atoms with Gasteiger partial charge in [-0.1, -0.05) is 6.07 Å². The molecule has 0 saturated carbocycles. The summed E-state index contributed by atoms with van der Waals surface area (Å²) < 4.78 is 44.3. The molecule has 37 heavy (non-hydrogen) atoms. The molecule has 0 bridgehead atoms. The molecule has 4 aromatic heterocycles. The predicted octanol–water partition coefficient (Wildman–Crippen LogP) is 4.99. The van der Waals surface area contributed by atoms with E-state index in [-0.39, 0.29) is 29.3 Å². The van der Waals surface area contributed by atoms with Gasteiger partial charge in [0, 0.05) is 55.4 Å². The zero-order valence-electron chi connectivity index (χ0n) is 19.3. The number of hydrogen-bond acceptors (Lipinski definition) is 6.